The lowest BCUT2D eigenvalue weighted by atomic mass is 9.47. The van der Waals surface area contributed by atoms with E-state index in [1.54, 1.807) is 0 Å². The first-order chi connectivity index (χ1) is 30.0. The summed E-state index contributed by atoms with van der Waals surface area (Å²) in [5, 5.41) is 107. The maximum absolute atomic E-state index is 11.6. The Kier molecular flexibility index (Phi) is 13.3. The Labute approximate surface area is 368 Å². The van der Waals surface area contributed by atoms with Gasteiger partial charge in [0.25, 0.3) is 0 Å². The highest BCUT2D eigenvalue weighted by molar-refractivity contribution is 5.26. The fourth-order valence-corrected chi connectivity index (χ4v) is 14.0. The number of hydrogen-bond donors (Lipinski definition) is 10. The standard InChI is InChI=1S/C45H72O18/c1-19-7-12-45(56-18-19)26(15-46)30-27(63-45)14-25-23-6-5-21-13-22(8-10-43(21,3)24(23)9-11-44(25,30)4)58-42-39(62-40-36(54)34(52)31(49)20(2)57-40)38(33(51)29(17-48)60-42)61-41-37(55)35(53)32(50)28(16-47)59-41/h5,19-20,22-42,46-55H,6-18H2,1-4H3/t19-,20+,22+,23-,24+,25+,26+,27+,28-,29-,30+,31+,32-,33-,34-,35+,36-,37-,38+,39-,40+,41+,42-,43+,44+,45-/m1/s1. The third kappa shape index (κ3) is 7.81. The van der Waals surface area contributed by atoms with Crippen molar-refractivity contribution in [2.75, 3.05) is 26.4 Å². The largest absolute Gasteiger partial charge is 0.396 e. The molecule has 0 radical (unpaired) electrons. The summed E-state index contributed by atoms with van der Waals surface area (Å²) < 4.78 is 50.1. The van der Waals surface area contributed by atoms with Gasteiger partial charge in [0.1, 0.15) is 67.1 Å². The average molecular weight is 901 g/mol. The van der Waals surface area contributed by atoms with Gasteiger partial charge in [-0.2, -0.15) is 0 Å². The molecule has 4 aliphatic carbocycles. The van der Waals surface area contributed by atoms with E-state index in [0.717, 1.165) is 44.9 Å². The summed E-state index contributed by atoms with van der Waals surface area (Å²) in [7, 11) is 0. The summed E-state index contributed by atoms with van der Waals surface area (Å²) in [6.07, 6.45) is -13.5. The van der Waals surface area contributed by atoms with Crippen molar-refractivity contribution >= 4 is 0 Å². The highest BCUT2D eigenvalue weighted by Gasteiger charge is 2.70. The zero-order valence-electron chi connectivity index (χ0n) is 36.8. The Morgan fingerprint density at radius 1 is 0.667 bits per heavy atom. The number of aliphatic hydroxyl groups is 10. The van der Waals surface area contributed by atoms with Crippen LogP contribution in [0, 0.1) is 46.3 Å². The second-order valence-corrected chi connectivity index (χ2v) is 21.1. The monoisotopic (exact) mass is 900 g/mol. The topological polar surface area (TPSA) is 276 Å². The van der Waals surface area contributed by atoms with Crippen LogP contribution in [-0.4, -0.2) is 188 Å². The van der Waals surface area contributed by atoms with Gasteiger partial charge in [0, 0.05) is 18.3 Å². The van der Waals surface area contributed by atoms with Crippen molar-refractivity contribution in [1.29, 1.82) is 0 Å². The molecule has 5 saturated heterocycles. The van der Waals surface area contributed by atoms with E-state index in [2.05, 4.69) is 26.8 Å². The molecule has 0 aromatic carbocycles. The minimum Gasteiger partial charge on any atom is -0.396 e. The summed E-state index contributed by atoms with van der Waals surface area (Å²) in [6.45, 7) is 7.78. The maximum atomic E-state index is 11.6. The smallest absolute Gasteiger partial charge is 0.187 e. The van der Waals surface area contributed by atoms with Crippen molar-refractivity contribution in [3.05, 3.63) is 11.6 Å². The van der Waals surface area contributed by atoms with Crippen LogP contribution in [0.25, 0.3) is 0 Å². The van der Waals surface area contributed by atoms with Gasteiger partial charge >= 0.3 is 0 Å². The lowest BCUT2D eigenvalue weighted by Crippen LogP contribution is -2.67. The first-order valence-corrected chi connectivity index (χ1v) is 23.5. The van der Waals surface area contributed by atoms with Gasteiger partial charge in [-0.3, -0.25) is 0 Å². The number of ether oxygens (including phenoxy) is 8. The van der Waals surface area contributed by atoms with Crippen molar-refractivity contribution in [2.24, 2.45) is 46.3 Å². The van der Waals surface area contributed by atoms with Gasteiger partial charge in [-0.1, -0.05) is 32.4 Å². The van der Waals surface area contributed by atoms with Gasteiger partial charge in [-0.15, -0.1) is 0 Å². The normalized spacial score (nSPS) is 56.9. The Morgan fingerprint density at radius 2 is 1.33 bits per heavy atom. The Bertz CT molecular complexity index is 1630. The number of rotatable bonds is 9. The SMILES string of the molecule is C[C@@H]1CC[C@@]2(OC1)O[C@H]1C[C@H]3[C@@H]4CC=C5C[C@@H](O[C@@H]6O[C@H](CO)[C@@H](O)[C@H](O[C@@H]7O[C@H](CO)[C@@H](O)[C@H](O)[C@H]7O)[C@H]6O[C@@H]6O[C@@H](C)[C@H](O)[C@@H](O)[C@H]6O)CC[C@]5(C)[C@H]4CC[C@]3(C)[C@H]1[C@@H]2CO. The predicted octanol–water partition coefficient (Wildman–Crippen LogP) is -0.813. The van der Waals surface area contributed by atoms with Gasteiger partial charge < -0.3 is 89.0 Å². The summed E-state index contributed by atoms with van der Waals surface area (Å²) in [4.78, 5) is 0. The number of aliphatic hydroxyl groups excluding tert-OH is 10. The Hall–Kier alpha value is -0.980. The first-order valence-electron chi connectivity index (χ1n) is 23.5. The summed E-state index contributed by atoms with van der Waals surface area (Å²) in [6, 6.07) is 0. The first kappa shape index (κ1) is 47.1. The fourth-order valence-electron chi connectivity index (χ4n) is 14.0. The lowest BCUT2D eigenvalue weighted by Gasteiger charge is -2.59. The average Bonchev–Trinajstić information content (AvgIpc) is 3.74. The van der Waals surface area contributed by atoms with E-state index in [-0.39, 0.29) is 35.4 Å². The molecule has 0 unspecified atom stereocenters. The third-order valence-electron chi connectivity index (χ3n) is 17.7. The number of hydrogen-bond acceptors (Lipinski definition) is 18. The molecule has 0 aromatic heterocycles. The zero-order valence-corrected chi connectivity index (χ0v) is 36.8. The Balaban J connectivity index is 0.943. The van der Waals surface area contributed by atoms with Gasteiger partial charge in [0.15, 0.2) is 24.7 Å². The van der Waals surface area contributed by atoms with Gasteiger partial charge in [0.2, 0.25) is 0 Å². The molecule has 18 heteroatoms. The summed E-state index contributed by atoms with van der Waals surface area (Å²) in [5.41, 5.74) is 1.21. The molecule has 360 valence electrons. The molecule has 18 nitrogen and oxygen atoms in total. The van der Waals surface area contributed by atoms with Crippen LogP contribution in [0.1, 0.15) is 85.5 Å². The molecular formula is C45H72O18. The highest BCUT2D eigenvalue weighted by atomic mass is 16.8. The molecule has 0 bridgehead atoms. The second kappa shape index (κ2) is 17.8. The molecule has 0 aromatic rings. The van der Waals surface area contributed by atoms with Crippen LogP contribution < -0.4 is 0 Å². The van der Waals surface area contributed by atoms with Crippen molar-refractivity contribution < 1.29 is 89.0 Å². The number of allylic oxidation sites excluding steroid dienone is 1. The molecule has 26 atom stereocenters. The number of fused-ring (bicyclic) bond motifs is 7. The van der Waals surface area contributed by atoms with E-state index in [0.29, 0.717) is 43.1 Å². The third-order valence-corrected chi connectivity index (χ3v) is 17.7. The highest BCUT2D eigenvalue weighted by Crippen LogP contribution is 2.70. The van der Waals surface area contributed by atoms with Crippen molar-refractivity contribution in [3.8, 4) is 0 Å². The van der Waals surface area contributed by atoms with Crippen LogP contribution >= 0.6 is 0 Å². The van der Waals surface area contributed by atoms with Gasteiger partial charge in [-0.05, 0) is 92.8 Å². The van der Waals surface area contributed by atoms with Crippen LogP contribution in [0.2, 0.25) is 0 Å². The van der Waals surface area contributed by atoms with Crippen LogP contribution in [0.4, 0.5) is 0 Å². The molecule has 63 heavy (non-hydrogen) atoms. The van der Waals surface area contributed by atoms with E-state index in [1.165, 1.54) is 12.5 Å². The van der Waals surface area contributed by atoms with E-state index in [9.17, 15) is 51.1 Å². The maximum Gasteiger partial charge on any atom is 0.187 e. The molecule has 3 saturated carbocycles. The van der Waals surface area contributed by atoms with Gasteiger partial charge in [0.05, 0.1) is 44.7 Å². The van der Waals surface area contributed by atoms with Gasteiger partial charge in [-0.25, -0.2) is 0 Å². The van der Waals surface area contributed by atoms with E-state index in [1.807, 2.05) is 0 Å². The molecule has 0 amide bonds. The molecule has 9 rings (SSSR count). The molecular weight excluding hydrogens is 828 g/mol. The van der Waals surface area contributed by atoms with Crippen molar-refractivity contribution in [2.45, 2.75) is 196 Å². The lowest BCUT2D eigenvalue weighted by molar-refractivity contribution is -0.394. The predicted molar refractivity (Wildman–Crippen MR) is 216 cm³/mol. The molecule has 5 aliphatic heterocycles. The van der Waals surface area contributed by atoms with E-state index in [4.69, 9.17) is 37.9 Å². The molecule has 10 N–H and O–H groups in total. The molecule has 9 aliphatic rings. The van der Waals surface area contributed by atoms with E-state index < -0.39 is 117 Å². The van der Waals surface area contributed by atoms with Crippen LogP contribution in [-0.2, 0) is 37.9 Å². The fraction of sp³-hybridized carbons (Fsp3) is 0.956. The van der Waals surface area contributed by atoms with E-state index >= 15 is 0 Å². The summed E-state index contributed by atoms with van der Waals surface area (Å²) in [5.74, 6) is 1.32. The minimum atomic E-state index is -1.85. The van der Waals surface area contributed by atoms with Crippen LogP contribution in [0.15, 0.2) is 11.6 Å². The minimum absolute atomic E-state index is 0.0219. The zero-order chi connectivity index (χ0) is 44.9. The molecule has 1 spiro atoms. The quantitative estimate of drug-likeness (QED) is 0.127. The van der Waals surface area contributed by atoms with Crippen LogP contribution in [0.3, 0.4) is 0 Å². The second-order valence-electron chi connectivity index (χ2n) is 21.1. The van der Waals surface area contributed by atoms with Crippen molar-refractivity contribution in [3.63, 3.8) is 0 Å². The Morgan fingerprint density at radius 3 is 2.02 bits per heavy atom. The molecule has 8 fully saturated rings. The van der Waals surface area contributed by atoms with Crippen molar-refractivity contribution in [1.82, 2.24) is 0 Å². The summed E-state index contributed by atoms with van der Waals surface area (Å²) >= 11 is 0. The van der Waals surface area contributed by atoms with Crippen LogP contribution in [0.5, 0.6) is 0 Å². The molecule has 5 heterocycles.